The molecule has 5 aliphatic rings. The summed E-state index contributed by atoms with van der Waals surface area (Å²) in [5.41, 5.74) is 1.18. The van der Waals surface area contributed by atoms with E-state index in [0.29, 0.717) is 5.54 Å². The van der Waals surface area contributed by atoms with Gasteiger partial charge in [-0.15, -0.1) is 22.7 Å². The van der Waals surface area contributed by atoms with Crippen LogP contribution in [0.2, 0.25) is 0 Å². The first-order chi connectivity index (χ1) is 12.5. The van der Waals surface area contributed by atoms with Gasteiger partial charge in [0.1, 0.15) is 0 Å². The van der Waals surface area contributed by atoms with Crippen molar-refractivity contribution in [3.05, 3.63) is 32.2 Å². The van der Waals surface area contributed by atoms with Crippen molar-refractivity contribution >= 4 is 22.7 Å². The number of aromatic nitrogens is 2. The zero-order valence-corrected chi connectivity index (χ0v) is 17.3. The summed E-state index contributed by atoms with van der Waals surface area (Å²) < 4.78 is 0. The Morgan fingerprint density at radius 3 is 2.27 bits per heavy atom. The minimum Gasteiger partial charge on any atom is -0.287 e. The molecule has 0 amide bonds. The quantitative estimate of drug-likeness (QED) is 0.709. The largest absolute Gasteiger partial charge is 0.287 e. The molecule has 0 saturated heterocycles. The fraction of sp³-hybridized carbons (Fsp3) is 0.714. The van der Waals surface area contributed by atoms with E-state index < -0.39 is 0 Å². The van der Waals surface area contributed by atoms with Gasteiger partial charge in [0.15, 0.2) is 0 Å². The Morgan fingerprint density at radius 2 is 1.69 bits per heavy atom. The molecule has 5 saturated carbocycles. The molecule has 4 bridgehead atoms. The molecule has 5 fully saturated rings. The number of hydrogen-bond acceptors (Lipinski definition) is 5. The average Bonchev–Trinajstić information content (AvgIpc) is 2.91. The van der Waals surface area contributed by atoms with Gasteiger partial charge in [0.25, 0.3) is 0 Å². The van der Waals surface area contributed by atoms with E-state index in [1.54, 1.807) is 12.8 Å². The second kappa shape index (κ2) is 5.39. The Hall–Kier alpha value is -0.780. The molecule has 7 rings (SSSR count). The summed E-state index contributed by atoms with van der Waals surface area (Å²) in [5, 5.41) is 2.39. The van der Waals surface area contributed by atoms with Gasteiger partial charge in [0.2, 0.25) is 0 Å². The van der Waals surface area contributed by atoms with Crippen LogP contribution in [0.25, 0.3) is 0 Å². The smallest absolute Gasteiger partial charge is 0.0897 e. The molecule has 5 heteroatoms. The molecule has 2 heterocycles. The van der Waals surface area contributed by atoms with Crippen molar-refractivity contribution in [3.8, 4) is 0 Å². The molecular formula is C21H27N3S2. The topological polar surface area (TPSA) is 29.0 Å². The third-order valence-corrected chi connectivity index (χ3v) is 9.64. The van der Waals surface area contributed by atoms with E-state index in [1.807, 2.05) is 22.7 Å². The lowest BCUT2D eigenvalue weighted by Gasteiger charge is -2.60. The highest BCUT2D eigenvalue weighted by atomic mass is 32.1. The predicted molar refractivity (Wildman–Crippen MR) is 106 cm³/mol. The molecule has 0 N–H and O–H groups in total. The minimum atomic E-state index is 0.439. The first-order valence-electron chi connectivity index (χ1n) is 10.1. The maximum atomic E-state index is 4.53. The highest BCUT2D eigenvalue weighted by molar-refractivity contribution is 7.11. The van der Waals surface area contributed by atoms with E-state index in [0.717, 1.165) is 36.3 Å². The number of aryl methyl sites for hydroxylation is 2. The summed E-state index contributed by atoms with van der Waals surface area (Å²) in [6.07, 6.45) is 13.2. The summed E-state index contributed by atoms with van der Waals surface area (Å²) in [5.74, 6) is 3.10. The summed E-state index contributed by atoms with van der Waals surface area (Å²) in [7, 11) is 0. The number of rotatable bonds is 5. The van der Waals surface area contributed by atoms with Gasteiger partial charge >= 0.3 is 0 Å². The van der Waals surface area contributed by atoms with Crippen LogP contribution < -0.4 is 0 Å². The molecule has 0 aromatic carbocycles. The molecule has 5 aliphatic carbocycles. The molecule has 0 radical (unpaired) electrons. The van der Waals surface area contributed by atoms with E-state index in [1.165, 1.54) is 45.5 Å². The lowest BCUT2D eigenvalue weighted by atomic mass is 9.52. The van der Waals surface area contributed by atoms with Crippen molar-refractivity contribution in [1.29, 1.82) is 0 Å². The summed E-state index contributed by atoms with van der Waals surface area (Å²) in [4.78, 5) is 14.8. The van der Waals surface area contributed by atoms with E-state index in [-0.39, 0.29) is 0 Å². The lowest BCUT2D eigenvalue weighted by molar-refractivity contribution is -0.101. The molecule has 5 unspecified atom stereocenters. The molecule has 0 aliphatic heterocycles. The van der Waals surface area contributed by atoms with Crippen LogP contribution in [0.4, 0.5) is 0 Å². The SMILES string of the molecule is Cc1ncc(CN(Cc2cnc(C)s2)C23CC4CC(C2)C2CC2(C4)C3)s1. The molecule has 3 nitrogen and oxygen atoms in total. The highest BCUT2D eigenvalue weighted by Gasteiger charge is 2.71. The van der Waals surface area contributed by atoms with Crippen LogP contribution in [0.15, 0.2) is 12.4 Å². The Labute approximate surface area is 163 Å². The summed E-state index contributed by atoms with van der Waals surface area (Å²) in [6.45, 7) is 6.40. The lowest BCUT2D eigenvalue weighted by Crippen LogP contribution is -2.59. The number of thiazole rings is 2. The zero-order chi connectivity index (χ0) is 17.5. The van der Waals surface area contributed by atoms with Crippen molar-refractivity contribution in [3.63, 3.8) is 0 Å². The van der Waals surface area contributed by atoms with Crippen molar-refractivity contribution in [2.75, 3.05) is 0 Å². The van der Waals surface area contributed by atoms with Gasteiger partial charge in [0, 0.05) is 40.8 Å². The number of hydrogen-bond donors (Lipinski definition) is 0. The van der Waals surface area contributed by atoms with Crippen LogP contribution in [0.3, 0.4) is 0 Å². The summed E-state index contributed by atoms with van der Waals surface area (Å²) in [6, 6.07) is 0. The van der Waals surface area contributed by atoms with E-state index in [2.05, 4.69) is 41.1 Å². The van der Waals surface area contributed by atoms with Gasteiger partial charge in [-0.05, 0) is 75.5 Å². The molecular weight excluding hydrogens is 358 g/mol. The maximum absolute atomic E-state index is 4.53. The van der Waals surface area contributed by atoms with Gasteiger partial charge in [-0.3, -0.25) is 4.90 Å². The van der Waals surface area contributed by atoms with Gasteiger partial charge < -0.3 is 0 Å². The number of nitrogens with zero attached hydrogens (tertiary/aromatic N) is 3. The third-order valence-electron chi connectivity index (χ3n) is 7.85. The van der Waals surface area contributed by atoms with Crippen LogP contribution in [0, 0.1) is 37.0 Å². The van der Waals surface area contributed by atoms with Gasteiger partial charge in [0.05, 0.1) is 10.0 Å². The fourth-order valence-corrected chi connectivity index (χ4v) is 8.81. The van der Waals surface area contributed by atoms with Crippen molar-refractivity contribution < 1.29 is 0 Å². The van der Waals surface area contributed by atoms with Gasteiger partial charge in [-0.2, -0.15) is 0 Å². The predicted octanol–water partition coefficient (Wildman–Crippen LogP) is 5.19. The Bertz CT molecular complexity index is 815. The molecule has 26 heavy (non-hydrogen) atoms. The first kappa shape index (κ1) is 16.2. The standard InChI is InChI=1S/C21H27N3S2/c1-13-22-8-17(25-13)10-24(11-18-9-23-14(2)26-18)21-5-15-3-16(6-21)19-7-20(19,4-15)12-21/h8-9,15-16,19H,3-7,10-12H2,1-2H3. The van der Waals surface area contributed by atoms with Crippen molar-refractivity contribution in [1.82, 2.24) is 14.9 Å². The molecule has 138 valence electrons. The second-order valence-electron chi connectivity index (χ2n) is 9.60. The second-order valence-corrected chi connectivity index (χ2v) is 12.2. The van der Waals surface area contributed by atoms with Gasteiger partial charge in [-0.1, -0.05) is 0 Å². The molecule has 1 spiro atoms. The van der Waals surface area contributed by atoms with Crippen LogP contribution >= 0.6 is 22.7 Å². The third kappa shape index (κ3) is 2.39. The van der Waals surface area contributed by atoms with Crippen LogP contribution in [0.1, 0.15) is 58.3 Å². The van der Waals surface area contributed by atoms with E-state index in [4.69, 9.17) is 0 Å². The Morgan fingerprint density at radius 1 is 1.00 bits per heavy atom. The molecule has 2 aromatic heterocycles. The maximum Gasteiger partial charge on any atom is 0.0897 e. The molecule has 5 atom stereocenters. The van der Waals surface area contributed by atoms with E-state index in [9.17, 15) is 0 Å². The van der Waals surface area contributed by atoms with Crippen molar-refractivity contribution in [2.24, 2.45) is 23.2 Å². The average molecular weight is 386 g/mol. The minimum absolute atomic E-state index is 0.439. The van der Waals surface area contributed by atoms with E-state index >= 15 is 0 Å². The monoisotopic (exact) mass is 385 g/mol. The van der Waals surface area contributed by atoms with Crippen LogP contribution in [0.5, 0.6) is 0 Å². The fourth-order valence-electron chi connectivity index (χ4n) is 7.19. The Kier molecular flexibility index (Phi) is 3.36. The van der Waals surface area contributed by atoms with Crippen LogP contribution in [-0.4, -0.2) is 20.4 Å². The zero-order valence-electron chi connectivity index (χ0n) is 15.7. The molecule has 2 aromatic rings. The Balaban J connectivity index is 1.35. The van der Waals surface area contributed by atoms with Crippen LogP contribution in [-0.2, 0) is 13.1 Å². The van der Waals surface area contributed by atoms with Crippen molar-refractivity contribution in [2.45, 2.75) is 71.0 Å². The van der Waals surface area contributed by atoms with Gasteiger partial charge in [-0.25, -0.2) is 9.97 Å². The highest BCUT2D eigenvalue weighted by Crippen LogP contribution is 2.77. The summed E-state index contributed by atoms with van der Waals surface area (Å²) >= 11 is 3.76. The normalized spacial score (nSPS) is 39.6. The first-order valence-corrected chi connectivity index (χ1v) is 11.7.